The van der Waals surface area contributed by atoms with Crippen molar-refractivity contribution in [3.8, 4) is 0 Å². The van der Waals surface area contributed by atoms with Crippen LogP contribution < -0.4 is 5.32 Å². The van der Waals surface area contributed by atoms with Crippen molar-refractivity contribution < 1.29 is 4.42 Å². The minimum atomic E-state index is 0.782. The van der Waals surface area contributed by atoms with Crippen LogP contribution >= 0.6 is 11.3 Å². The van der Waals surface area contributed by atoms with Crippen LogP contribution in [0.1, 0.15) is 24.1 Å². The molecule has 2 heterocycles. The van der Waals surface area contributed by atoms with Gasteiger partial charge >= 0.3 is 0 Å². The van der Waals surface area contributed by atoms with E-state index in [1.165, 1.54) is 0 Å². The summed E-state index contributed by atoms with van der Waals surface area (Å²) in [5.74, 6) is 0.964. The summed E-state index contributed by atoms with van der Waals surface area (Å²) in [7, 11) is 2.04. The van der Waals surface area contributed by atoms with E-state index in [0.717, 1.165) is 42.0 Å². The predicted molar refractivity (Wildman–Crippen MR) is 72.6 cm³/mol. The lowest BCUT2D eigenvalue weighted by molar-refractivity contribution is 0.287. The molecule has 5 nitrogen and oxygen atoms in total. The Morgan fingerprint density at radius 3 is 3.00 bits per heavy atom. The van der Waals surface area contributed by atoms with E-state index >= 15 is 0 Å². The second kappa shape index (κ2) is 6.51. The predicted octanol–water partition coefficient (Wildman–Crippen LogP) is 2.59. The molecule has 0 bridgehead atoms. The second-order valence-corrected chi connectivity index (χ2v) is 5.24. The van der Waals surface area contributed by atoms with Crippen molar-refractivity contribution in [2.75, 3.05) is 18.9 Å². The lowest BCUT2D eigenvalue weighted by Gasteiger charge is -2.12. The van der Waals surface area contributed by atoms with E-state index in [0.29, 0.717) is 0 Å². The van der Waals surface area contributed by atoms with Gasteiger partial charge in [-0.3, -0.25) is 4.90 Å². The van der Waals surface area contributed by atoms with Crippen LogP contribution in [0, 0.1) is 0 Å². The number of anilines is 1. The molecule has 2 rings (SSSR count). The number of nitrogens with zero attached hydrogens (tertiary/aromatic N) is 3. The molecule has 0 aliphatic carbocycles. The fourth-order valence-electron chi connectivity index (χ4n) is 1.58. The van der Waals surface area contributed by atoms with E-state index in [2.05, 4.69) is 27.3 Å². The molecule has 0 saturated heterocycles. The van der Waals surface area contributed by atoms with Crippen molar-refractivity contribution >= 4 is 16.5 Å². The Hall–Kier alpha value is -1.40. The summed E-state index contributed by atoms with van der Waals surface area (Å²) in [6.45, 7) is 4.64. The Bertz CT molecular complexity index is 454. The van der Waals surface area contributed by atoms with E-state index < -0.39 is 0 Å². The maximum absolute atomic E-state index is 5.31. The maximum Gasteiger partial charge on any atom is 0.205 e. The normalized spacial score (nSPS) is 11.1. The Kier molecular flexibility index (Phi) is 4.72. The van der Waals surface area contributed by atoms with Crippen LogP contribution in [0.15, 0.2) is 22.8 Å². The molecular weight excluding hydrogens is 248 g/mol. The largest absolute Gasteiger partial charge is 0.468 e. The fourth-order valence-corrected chi connectivity index (χ4v) is 2.42. The molecule has 2 aromatic heterocycles. The number of hydrogen-bond donors (Lipinski definition) is 1. The number of nitrogens with one attached hydrogen (secondary N) is 1. The highest BCUT2D eigenvalue weighted by Gasteiger charge is 2.08. The zero-order chi connectivity index (χ0) is 12.8. The quantitative estimate of drug-likeness (QED) is 0.834. The van der Waals surface area contributed by atoms with Gasteiger partial charge in [-0.15, -0.1) is 10.2 Å². The smallest absolute Gasteiger partial charge is 0.205 e. The van der Waals surface area contributed by atoms with Crippen LogP contribution in [-0.4, -0.2) is 28.7 Å². The zero-order valence-electron chi connectivity index (χ0n) is 10.7. The van der Waals surface area contributed by atoms with Crippen molar-refractivity contribution in [1.29, 1.82) is 0 Å². The van der Waals surface area contributed by atoms with Gasteiger partial charge in [0.25, 0.3) is 0 Å². The number of hydrogen-bond acceptors (Lipinski definition) is 6. The van der Waals surface area contributed by atoms with Gasteiger partial charge in [0.05, 0.1) is 19.4 Å². The molecule has 2 aromatic rings. The molecule has 0 radical (unpaired) electrons. The summed E-state index contributed by atoms with van der Waals surface area (Å²) in [6, 6.07) is 3.88. The van der Waals surface area contributed by atoms with Crippen molar-refractivity contribution in [3.05, 3.63) is 29.2 Å². The maximum atomic E-state index is 5.31. The standard InChI is InChI=1S/C12H18N4OS/c1-3-6-13-12-15-14-11(18-12)9-16(2)8-10-5-4-7-17-10/h4-5,7H,3,6,8-9H2,1-2H3,(H,13,15). The first kappa shape index (κ1) is 13.0. The van der Waals surface area contributed by atoms with Gasteiger partial charge in [0.2, 0.25) is 5.13 Å². The van der Waals surface area contributed by atoms with E-state index in [9.17, 15) is 0 Å². The Morgan fingerprint density at radius 1 is 1.39 bits per heavy atom. The lowest BCUT2D eigenvalue weighted by atomic mass is 10.4. The lowest BCUT2D eigenvalue weighted by Crippen LogP contribution is -2.16. The van der Waals surface area contributed by atoms with Gasteiger partial charge in [0.1, 0.15) is 10.8 Å². The van der Waals surface area contributed by atoms with E-state index in [-0.39, 0.29) is 0 Å². The highest BCUT2D eigenvalue weighted by Crippen LogP contribution is 2.17. The molecule has 0 aromatic carbocycles. The van der Waals surface area contributed by atoms with Crippen LogP contribution in [0.4, 0.5) is 5.13 Å². The monoisotopic (exact) mass is 266 g/mol. The molecule has 98 valence electrons. The molecule has 0 fully saturated rings. The number of rotatable bonds is 7. The molecule has 0 aliphatic heterocycles. The van der Waals surface area contributed by atoms with Crippen molar-refractivity contribution in [2.45, 2.75) is 26.4 Å². The molecule has 0 spiro atoms. The minimum Gasteiger partial charge on any atom is -0.468 e. The van der Waals surface area contributed by atoms with E-state index in [1.807, 2.05) is 19.2 Å². The first-order valence-corrected chi connectivity index (χ1v) is 6.86. The average Bonchev–Trinajstić information content (AvgIpc) is 2.98. The first-order valence-electron chi connectivity index (χ1n) is 6.05. The molecule has 0 unspecified atom stereocenters. The molecule has 6 heteroatoms. The third-order valence-electron chi connectivity index (χ3n) is 2.40. The van der Waals surface area contributed by atoms with Gasteiger partial charge in [0, 0.05) is 6.54 Å². The van der Waals surface area contributed by atoms with Gasteiger partial charge in [-0.25, -0.2) is 0 Å². The molecule has 0 saturated carbocycles. The average molecular weight is 266 g/mol. The van der Waals surface area contributed by atoms with Crippen molar-refractivity contribution in [1.82, 2.24) is 15.1 Å². The van der Waals surface area contributed by atoms with Gasteiger partial charge in [-0.05, 0) is 25.6 Å². The second-order valence-electron chi connectivity index (χ2n) is 4.18. The van der Waals surface area contributed by atoms with Gasteiger partial charge in [-0.1, -0.05) is 18.3 Å². The number of aromatic nitrogens is 2. The van der Waals surface area contributed by atoms with Crippen LogP contribution in [0.25, 0.3) is 0 Å². The highest BCUT2D eigenvalue weighted by molar-refractivity contribution is 7.15. The third kappa shape index (κ3) is 3.82. The number of furan rings is 1. The highest BCUT2D eigenvalue weighted by atomic mass is 32.1. The Labute approximate surface area is 111 Å². The van der Waals surface area contributed by atoms with Crippen LogP contribution in [-0.2, 0) is 13.1 Å². The SMILES string of the molecule is CCCNc1nnc(CN(C)Cc2ccco2)s1. The molecule has 0 atom stereocenters. The van der Waals surface area contributed by atoms with E-state index in [4.69, 9.17) is 4.42 Å². The Morgan fingerprint density at radius 2 is 2.28 bits per heavy atom. The first-order chi connectivity index (χ1) is 8.78. The third-order valence-corrected chi connectivity index (χ3v) is 3.27. The molecule has 18 heavy (non-hydrogen) atoms. The van der Waals surface area contributed by atoms with Crippen molar-refractivity contribution in [2.24, 2.45) is 0 Å². The summed E-state index contributed by atoms with van der Waals surface area (Å²) in [4.78, 5) is 2.16. The minimum absolute atomic E-state index is 0.782. The summed E-state index contributed by atoms with van der Waals surface area (Å²) in [5, 5.41) is 13.4. The molecular formula is C12H18N4OS. The molecule has 0 aliphatic rings. The summed E-state index contributed by atoms with van der Waals surface area (Å²) in [5.41, 5.74) is 0. The molecule has 1 N–H and O–H groups in total. The van der Waals surface area contributed by atoms with Gasteiger partial charge < -0.3 is 9.73 Å². The van der Waals surface area contributed by atoms with Crippen LogP contribution in [0.5, 0.6) is 0 Å². The summed E-state index contributed by atoms with van der Waals surface area (Å²) in [6.07, 6.45) is 2.79. The van der Waals surface area contributed by atoms with Gasteiger partial charge in [-0.2, -0.15) is 0 Å². The van der Waals surface area contributed by atoms with Crippen LogP contribution in [0.3, 0.4) is 0 Å². The Balaban J connectivity index is 1.83. The fraction of sp³-hybridized carbons (Fsp3) is 0.500. The summed E-state index contributed by atoms with van der Waals surface area (Å²) >= 11 is 1.61. The van der Waals surface area contributed by atoms with Crippen molar-refractivity contribution in [3.63, 3.8) is 0 Å². The topological polar surface area (TPSA) is 54.2 Å². The zero-order valence-corrected chi connectivity index (χ0v) is 11.5. The summed E-state index contributed by atoms with van der Waals surface area (Å²) < 4.78 is 5.31. The van der Waals surface area contributed by atoms with Gasteiger partial charge in [0.15, 0.2) is 0 Å². The van der Waals surface area contributed by atoms with Crippen LogP contribution in [0.2, 0.25) is 0 Å². The molecule has 0 amide bonds. The van der Waals surface area contributed by atoms with E-state index in [1.54, 1.807) is 17.6 Å².